The molecule has 0 aromatic heterocycles. The smallest absolute Gasteiger partial charge is 0.123 e. The second-order valence-corrected chi connectivity index (χ2v) is 5.58. The second-order valence-electron chi connectivity index (χ2n) is 5.58. The first-order valence-electron chi connectivity index (χ1n) is 7.42. The van der Waals surface area contributed by atoms with Crippen LogP contribution in [0.25, 0.3) is 0 Å². The maximum atomic E-state index is 13.3. The lowest BCUT2D eigenvalue weighted by Gasteiger charge is -2.23. The van der Waals surface area contributed by atoms with Gasteiger partial charge in [-0.2, -0.15) is 0 Å². The number of hydrogen-bond acceptors (Lipinski definition) is 3. The minimum atomic E-state index is -0.171. The molecule has 0 radical (unpaired) electrons. The van der Waals surface area contributed by atoms with Crippen molar-refractivity contribution in [2.75, 3.05) is 33.8 Å². The Balaban J connectivity index is 1.80. The topological polar surface area (TPSA) is 24.5 Å². The Morgan fingerprint density at radius 2 is 2.35 bits per heavy atom. The number of halogens is 1. The Bertz CT molecular complexity index is 407. The lowest BCUT2D eigenvalue weighted by Crippen LogP contribution is -2.31. The molecule has 1 aliphatic heterocycles. The molecule has 0 bridgehead atoms. The third-order valence-electron chi connectivity index (χ3n) is 3.94. The average Bonchev–Trinajstić information content (AvgIpc) is 2.92. The molecule has 1 saturated heterocycles. The van der Waals surface area contributed by atoms with Crippen LogP contribution in [0.15, 0.2) is 24.3 Å². The third kappa shape index (κ3) is 4.54. The molecule has 0 spiro atoms. The summed E-state index contributed by atoms with van der Waals surface area (Å²) in [5, 5.41) is 3.27. The van der Waals surface area contributed by atoms with E-state index in [0.29, 0.717) is 6.10 Å². The maximum absolute atomic E-state index is 13.3. The van der Waals surface area contributed by atoms with Gasteiger partial charge in [-0.3, -0.25) is 0 Å². The van der Waals surface area contributed by atoms with Crippen LogP contribution in [0.3, 0.4) is 0 Å². The molecular formula is C16H25FN2O. The molecule has 20 heavy (non-hydrogen) atoms. The van der Waals surface area contributed by atoms with Crippen molar-refractivity contribution in [3.63, 3.8) is 0 Å². The van der Waals surface area contributed by atoms with Crippen LogP contribution < -0.4 is 5.32 Å². The van der Waals surface area contributed by atoms with E-state index < -0.39 is 0 Å². The van der Waals surface area contributed by atoms with Crippen molar-refractivity contribution in [2.45, 2.75) is 31.4 Å². The molecule has 3 nitrogen and oxygen atoms in total. The van der Waals surface area contributed by atoms with Crippen molar-refractivity contribution in [2.24, 2.45) is 0 Å². The predicted octanol–water partition coefficient (Wildman–Crippen LogP) is 2.59. The zero-order valence-electron chi connectivity index (χ0n) is 12.4. The minimum absolute atomic E-state index is 0.171. The lowest BCUT2D eigenvalue weighted by atomic mass is 10.0. The van der Waals surface area contributed by atoms with Gasteiger partial charge in [0.1, 0.15) is 5.82 Å². The summed E-state index contributed by atoms with van der Waals surface area (Å²) in [4.78, 5) is 2.31. The van der Waals surface area contributed by atoms with Crippen LogP contribution in [0.5, 0.6) is 0 Å². The van der Waals surface area contributed by atoms with E-state index in [-0.39, 0.29) is 11.9 Å². The Morgan fingerprint density at radius 3 is 3.00 bits per heavy atom. The molecule has 2 rings (SSSR count). The summed E-state index contributed by atoms with van der Waals surface area (Å²) in [6.45, 7) is 2.86. The van der Waals surface area contributed by atoms with Gasteiger partial charge in [0, 0.05) is 19.2 Å². The molecule has 0 amide bonds. The number of hydrogen-bond donors (Lipinski definition) is 1. The van der Waals surface area contributed by atoms with Crippen LogP contribution in [-0.2, 0) is 4.74 Å². The van der Waals surface area contributed by atoms with E-state index >= 15 is 0 Å². The van der Waals surface area contributed by atoms with Crippen LogP contribution >= 0.6 is 0 Å². The first-order chi connectivity index (χ1) is 9.69. The number of ether oxygens (including phenoxy) is 1. The number of rotatable bonds is 7. The molecule has 1 fully saturated rings. The molecule has 1 N–H and O–H groups in total. The molecular weight excluding hydrogens is 255 g/mol. The summed E-state index contributed by atoms with van der Waals surface area (Å²) < 4.78 is 18.9. The Hall–Kier alpha value is -0.970. The van der Waals surface area contributed by atoms with E-state index in [1.165, 1.54) is 18.9 Å². The highest BCUT2D eigenvalue weighted by Gasteiger charge is 2.18. The van der Waals surface area contributed by atoms with E-state index in [1.54, 1.807) is 12.1 Å². The van der Waals surface area contributed by atoms with Gasteiger partial charge in [0.2, 0.25) is 0 Å². The van der Waals surface area contributed by atoms with Crippen molar-refractivity contribution < 1.29 is 9.13 Å². The first kappa shape index (κ1) is 15.4. The third-order valence-corrected chi connectivity index (χ3v) is 3.94. The zero-order chi connectivity index (χ0) is 14.4. The highest BCUT2D eigenvalue weighted by molar-refractivity contribution is 5.20. The molecule has 1 aromatic carbocycles. The van der Waals surface area contributed by atoms with Gasteiger partial charge in [0.05, 0.1) is 6.10 Å². The molecule has 2 atom stereocenters. The van der Waals surface area contributed by atoms with Crippen molar-refractivity contribution in [3.8, 4) is 0 Å². The fourth-order valence-corrected chi connectivity index (χ4v) is 2.78. The Kier molecular flexibility index (Phi) is 5.95. The quantitative estimate of drug-likeness (QED) is 0.831. The van der Waals surface area contributed by atoms with Gasteiger partial charge in [0.15, 0.2) is 0 Å². The van der Waals surface area contributed by atoms with E-state index in [1.807, 2.05) is 13.1 Å². The molecule has 4 heteroatoms. The number of nitrogens with one attached hydrogen (secondary N) is 1. The lowest BCUT2D eigenvalue weighted by molar-refractivity contribution is 0.0801. The van der Waals surface area contributed by atoms with Crippen molar-refractivity contribution in [1.82, 2.24) is 10.2 Å². The monoisotopic (exact) mass is 280 g/mol. The summed E-state index contributed by atoms with van der Waals surface area (Å²) in [5.41, 5.74) is 1.01. The molecule has 1 aromatic rings. The van der Waals surface area contributed by atoms with Crippen LogP contribution in [0.1, 0.15) is 30.9 Å². The van der Waals surface area contributed by atoms with Gasteiger partial charge in [-0.1, -0.05) is 12.1 Å². The first-order valence-corrected chi connectivity index (χ1v) is 7.42. The Morgan fingerprint density at radius 1 is 1.50 bits per heavy atom. The largest absolute Gasteiger partial charge is 0.377 e. The number of nitrogens with zero attached hydrogens (tertiary/aromatic N) is 1. The van der Waals surface area contributed by atoms with Crippen molar-refractivity contribution in [1.29, 1.82) is 0 Å². The summed E-state index contributed by atoms with van der Waals surface area (Å²) in [6.07, 6.45) is 3.70. The fraction of sp³-hybridized carbons (Fsp3) is 0.625. The highest BCUT2D eigenvalue weighted by Crippen LogP contribution is 2.18. The maximum Gasteiger partial charge on any atom is 0.123 e. The van der Waals surface area contributed by atoms with E-state index in [9.17, 15) is 4.39 Å². The second kappa shape index (κ2) is 7.72. The standard InChI is InChI=1S/C16H25FN2O/c1-18-16(13-5-3-6-14(17)11-13)8-9-19(2)12-15-7-4-10-20-15/h3,5-6,11,15-16,18H,4,7-10,12H2,1-2H3. The van der Waals surface area contributed by atoms with Crippen LogP contribution in [0.4, 0.5) is 4.39 Å². The van der Waals surface area contributed by atoms with E-state index in [4.69, 9.17) is 4.74 Å². The summed E-state index contributed by atoms with van der Waals surface area (Å²) in [6, 6.07) is 7.04. The van der Waals surface area contributed by atoms with Crippen LogP contribution in [0.2, 0.25) is 0 Å². The molecule has 0 saturated carbocycles. The van der Waals surface area contributed by atoms with E-state index in [0.717, 1.165) is 31.7 Å². The van der Waals surface area contributed by atoms with Gasteiger partial charge >= 0.3 is 0 Å². The predicted molar refractivity (Wildman–Crippen MR) is 79.3 cm³/mol. The number of benzene rings is 1. The zero-order valence-corrected chi connectivity index (χ0v) is 12.4. The van der Waals surface area contributed by atoms with Crippen LogP contribution in [-0.4, -0.2) is 44.8 Å². The molecule has 1 heterocycles. The molecule has 2 unspecified atom stereocenters. The normalized spacial score (nSPS) is 20.5. The van der Waals surface area contributed by atoms with Crippen molar-refractivity contribution in [3.05, 3.63) is 35.6 Å². The fourth-order valence-electron chi connectivity index (χ4n) is 2.78. The summed E-state index contributed by atoms with van der Waals surface area (Å²) >= 11 is 0. The van der Waals surface area contributed by atoms with Crippen molar-refractivity contribution >= 4 is 0 Å². The van der Waals surface area contributed by atoms with Gasteiger partial charge in [-0.05, 0) is 57.6 Å². The van der Waals surface area contributed by atoms with Gasteiger partial charge in [0.25, 0.3) is 0 Å². The summed E-state index contributed by atoms with van der Waals surface area (Å²) in [5.74, 6) is -0.171. The van der Waals surface area contributed by atoms with Gasteiger partial charge < -0.3 is 15.0 Å². The molecule has 112 valence electrons. The number of likely N-dealkylation sites (N-methyl/N-ethyl adjacent to an activating group) is 1. The minimum Gasteiger partial charge on any atom is -0.377 e. The highest BCUT2D eigenvalue weighted by atomic mass is 19.1. The van der Waals surface area contributed by atoms with Crippen LogP contribution in [0, 0.1) is 5.82 Å². The molecule has 1 aliphatic rings. The Labute approximate surface area is 121 Å². The SMILES string of the molecule is CNC(CCN(C)CC1CCCO1)c1cccc(F)c1. The molecule has 0 aliphatic carbocycles. The van der Waals surface area contributed by atoms with Gasteiger partial charge in [-0.25, -0.2) is 4.39 Å². The van der Waals surface area contributed by atoms with Gasteiger partial charge in [-0.15, -0.1) is 0 Å². The van der Waals surface area contributed by atoms with E-state index in [2.05, 4.69) is 17.3 Å². The summed E-state index contributed by atoms with van der Waals surface area (Å²) in [7, 11) is 4.05. The average molecular weight is 280 g/mol.